The molecule has 206 valence electrons. The molecule has 1 heterocycles. The lowest BCUT2D eigenvalue weighted by atomic mass is 9.42. The molecule has 0 spiro atoms. The van der Waals surface area contributed by atoms with Gasteiger partial charge in [-0.15, -0.1) is 0 Å². The molecule has 0 aromatic rings. The van der Waals surface area contributed by atoms with Gasteiger partial charge in [0.1, 0.15) is 11.7 Å². The van der Waals surface area contributed by atoms with E-state index in [1.54, 1.807) is 13.0 Å². The fraction of sp³-hybridized carbons (Fsp3) is 0.793. The molecular weight excluding hydrogens is 476 g/mol. The summed E-state index contributed by atoms with van der Waals surface area (Å²) in [6.07, 6.45) is 3.88. The molecule has 8 heteroatoms. The SMILES string of the molecule is COCC1=C(C)CC(C(CO)C2CCC3C4CC(O)C5(O)CC=CC(=O)C5(C)C4CC(O)C23C)OC1=O. The Kier molecular flexibility index (Phi) is 6.76. The van der Waals surface area contributed by atoms with Gasteiger partial charge in [-0.2, -0.15) is 0 Å². The van der Waals surface area contributed by atoms with Gasteiger partial charge in [-0.05, 0) is 81.1 Å². The third-order valence-corrected chi connectivity index (χ3v) is 11.5. The molecule has 0 bridgehead atoms. The maximum Gasteiger partial charge on any atom is 0.336 e. The molecule has 0 aromatic carbocycles. The zero-order valence-corrected chi connectivity index (χ0v) is 22.4. The van der Waals surface area contributed by atoms with Crippen LogP contribution in [0.4, 0.5) is 0 Å². The zero-order valence-electron chi connectivity index (χ0n) is 22.4. The fourth-order valence-electron chi connectivity index (χ4n) is 9.34. The number of fused-ring (bicyclic) bond motifs is 5. The third kappa shape index (κ3) is 3.59. The molecule has 4 N–H and O–H groups in total. The van der Waals surface area contributed by atoms with Crippen molar-refractivity contribution in [3.63, 3.8) is 0 Å². The van der Waals surface area contributed by atoms with Crippen molar-refractivity contribution in [1.82, 2.24) is 0 Å². The number of ether oxygens (including phenoxy) is 2. The molecule has 5 rings (SSSR count). The Morgan fingerprint density at radius 1 is 1.14 bits per heavy atom. The Labute approximate surface area is 218 Å². The van der Waals surface area contributed by atoms with Crippen LogP contribution in [0.5, 0.6) is 0 Å². The Morgan fingerprint density at radius 2 is 1.86 bits per heavy atom. The van der Waals surface area contributed by atoms with Gasteiger partial charge in [0.15, 0.2) is 5.78 Å². The van der Waals surface area contributed by atoms with Crippen molar-refractivity contribution >= 4 is 11.8 Å². The predicted molar refractivity (Wildman–Crippen MR) is 134 cm³/mol. The number of allylic oxidation sites excluding steroid dienone is 1. The Morgan fingerprint density at radius 3 is 2.51 bits per heavy atom. The van der Waals surface area contributed by atoms with Gasteiger partial charge in [0, 0.05) is 26.1 Å². The number of carbonyl (C=O) groups excluding carboxylic acids is 2. The first-order valence-electron chi connectivity index (χ1n) is 13.7. The molecule has 37 heavy (non-hydrogen) atoms. The van der Waals surface area contributed by atoms with E-state index in [0.29, 0.717) is 24.8 Å². The summed E-state index contributed by atoms with van der Waals surface area (Å²) in [4.78, 5) is 26.0. The van der Waals surface area contributed by atoms with E-state index >= 15 is 0 Å². The molecule has 0 saturated heterocycles. The summed E-state index contributed by atoms with van der Waals surface area (Å²) in [5.41, 5.74) is -1.87. The quantitative estimate of drug-likeness (QED) is 0.406. The highest BCUT2D eigenvalue weighted by Crippen LogP contribution is 2.68. The minimum atomic E-state index is -1.54. The van der Waals surface area contributed by atoms with Crippen molar-refractivity contribution in [3.8, 4) is 0 Å². The highest BCUT2D eigenvalue weighted by Gasteiger charge is 2.71. The Hall–Kier alpha value is -1.58. The molecule has 0 aromatic heterocycles. The van der Waals surface area contributed by atoms with Crippen LogP contribution in [0.25, 0.3) is 0 Å². The van der Waals surface area contributed by atoms with Crippen LogP contribution in [0.1, 0.15) is 59.3 Å². The van der Waals surface area contributed by atoms with Gasteiger partial charge in [0.2, 0.25) is 0 Å². The van der Waals surface area contributed by atoms with Gasteiger partial charge in [-0.3, -0.25) is 4.79 Å². The molecule has 3 saturated carbocycles. The molecule has 11 atom stereocenters. The van der Waals surface area contributed by atoms with Gasteiger partial charge < -0.3 is 29.9 Å². The van der Waals surface area contributed by atoms with E-state index in [9.17, 15) is 30.0 Å². The summed E-state index contributed by atoms with van der Waals surface area (Å²) < 4.78 is 11.0. The topological polar surface area (TPSA) is 134 Å². The first-order valence-corrected chi connectivity index (χ1v) is 13.7. The lowest BCUT2D eigenvalue weighted by Gasteiger charge is -2.64. The van der Waals surface area contributed by atoms with Crippen molar-refractivity contribution in [2.45, 2.75) is 83.2 Å². The number of cyclic esters (lactones) is 1. The number of esters is 1. The second-order valence-electron chi connectivity index (χ2n) is 12.7. The molecule has 0 radical (unpaired) electrons. The number of carbonyl (C=O) groups is 2. The van der Waals surface area contributed by atoms with Gasteiger partial charge in [0.05, 0.1) is 29.8 Å². The number of aliphatic hydroxyl groups is 4. The van der Waals surface area contributed by atoms with Crippen LogP contribution in [0.2, 0.25) is 0 Å². The van der Waals surface area contributed by atoms with Crippen LogP contribution in [-0.4, -0.2) is 76.4 Å². The average molecular weight is 519 g/mol. The van der Waals surface area contributed by atoms with E-state index in [0.717, 1.165) is 18.4 Å². The zero-order chi connectivity index (χ0) is 26.9. The predicted octanol–water partition coefficient (Wildman–Crippen LogP) is 1.93. The summed E-state index contributed by atoms with van der Waals surface area (Å²) >= 11 is 0. The Balaban J connectivity index is 1.46. The summed E-state index contributed by atoms with van der Waals surface area (Å²) in [5.74, 6) is -1.33. The largest absolute Gasteiger partial charge is 0.458 e. The van der Waals surface area contributed by atoms with Crippen LogP contribution in [0.3, 0.4) is 0 Å². The highest BCUT2D eigenvalue weighted by atomic mass is 16.5. The monoisotopic (exact) mass is 518 g/mol. The molecular formula is C29H42O8. The van der Waals surface area contributed by atoms with Crippen LogP contribution in [0.15, 0.2) is 23.3 Å². The average Bonchev–Trinajstić information content (AvgIpc) is 3.20. The number of ketones is 1. The minimum Gasteiger partial charge on any atom is -0.458 e. The van der Waals surface area contributed by atoms with Crippen molar-refractivity contribution in [2.24, 2.45) is 40.4 Å². The van der Waals surface area contributed by atoms with E-state index in [-0.39, 0.29) is 55.0 Å². The normalized spacial score (nSPS) is 48.3. The molecule has 0 amide bonds. The second-order valence-corrected chi connectivity index (χ2v) is 12.7. The van der Waals surface area contributed by atoms with Crippen LogP contribution >= 0.6 is 0 Å². The lowest BCUT2D eigenvalue weighted by Crippen LogP contribution is -2.70. The molecule has 5 aliphatic rings. The maximum atomic E-state index is 13.3. The van der Waals surface area contributed by atoms with E-state index in [1.165, 1.54) is 13.2 Å². The van der Waals surface area contributed by atoms with E-state index in [2.05, 4.69) is 6.92 Å². The summed E-state index contributed by atoms with van der Waals surface area (Å²) in [7, 11) is 1.54. The number of aliphatic hydroxyl groups excluding tert-OH is 3. The standard InChI is InChI=1S/C29H42O8/c1-15-10-22(37-26(34)18(15)14-36-4)17(13-30)20-8-7-19-16-11-25(33)29(35)9-5-6-23(31)28(29,3)21(16)12-24(32)27(19,20)2/h5-6,16-17,19-22,24-25,30,32-33,35H,7-14H2,1-4H3. The smallest absolute Gasteiger partial charge is 0.336 e. The highest BCUT2D eigenvalue weighted by molar-refractivity contribution is 5.97. The Bertz CT molecular complexity index is 1020. The van der Waals surface area contributed by atoms with Gasteiger partial charge >= 0.3 is 5.97 Å². The minimum absolute atomic E-state index is 0.00927. The number of methoxy groups -OCH3 is 1. The summed E-state index contributed by atoms with van der Waals surface area (Å²) in [6, 6.07) is 0. The molecule has 4 aliphatic carbocycles. The second kappa shape index (κ2) is 9.26. The van der Waals surface area contributed by atoms with E-state index in [1.807, 2.05) is 6.92 Å². The first-order chi connectivity index (χ1) is 17.4. The van der Waals surface area contributed by atoms with E-state index in [4.69, 9.17) is 9.47 Å². The van der Waals surface area contributed by atoms with Crippen molar-refractivity contribution < 1.29 is 39.5 Å². The summed E-state index contributed by atoms with van der Waals surface area (Å²) in [6.45, 7) is 5.76. The van der Waals surface area contributed by atoms with Crippen LogP contribution < -0.4 is 0 Å². The maximum absolute atomic E-state index is 13.3. The number of hydrogen-bond donors (Lipinski definition) is 4. The molecule has 3 fully saturated rings. The lowest BCUT2D eigenvalue weighted by molar-refractivity contribution is -0.246. The van der Waals surface area contributed by atoms with Gasteiger partial charge in [0.25, 0.3) is 0 Å². The third-order valence-electron chi connectivity index (χ3n) is 11.5. The van der Waals surface area contributed by atoms with Crippen LogP contribution in [-0.2, 0) is 19.1 Å². The van der Waals surface area contributed by atoms with Crippen molar-refractivity contribution in [3.05, 3.63) is 23.3 Å². The van der Waals surface area contributed by atoms with Gasteiger partial charge in [-0.1, -0.05) is 18.6 Å². The number of hydrogen-bond acceptors (Lipinski definition) is 8. The molecule has 1 aliphatic heterocycles. The fourth-order valence-corrected chi connectivity index (χ4v) is 9.34. The van der Waals surface area contributed by atoms with Crippen LogP contribution in [0, 0.1) is 40.4 Å². The van der Waals surface area contributed by atoms with Gasteiger partial charge in [-0.25, -0.2) is 4.79 Å². The van der Waals surface area contributed by atoms with Crippen molar-refractivity contribution in [2.75, 3.05) is 20.3 Å². The molecule has 8 nitrogen and oxygen atoms in total. The first kappa shape index (κ1) is 27.0. The molecule has 11 unspecified atom stereocenters. The summed E-state index contributed by atoms with van der Waals surface area (Å²) in [5, 5.41) is 45.1. The number of rotatable bonds is 5. The van der Waals surface area contributed by atoms with E-state index < -0.39 is 40.7 Å². The van der Waals surface area contributed by atoms with Crippen molar-refractivity contribution in [1.29, 1.82) is 0 Å².